The average molecular weight is 309 g/mol. The molecule has 0 aliphatic heterocycles. The molecule has 1 aromatic rings. The van der Waals surface area contributed by atoms with Crippen molar-refractivity contribution < 1.29 is 0 Å². The van der Waals surface area contributed by atoms with Crippen molar-refractivity contribution in [2.24, 2.45) is 16.7 Å². The maximum atomic E-state index is 4.31. The van der Waals surface area contributed by atoms with Gasteiger partial charge in [-0.3, -0.25) is 0 Å². The van der Waals surface area contributed by atoms with E-state index in [1.807, 2.05) is 12.3 Å². The summed E-state index contributed by atoms with van der Waals surface area (Å²) in [4.78, 5) is 4.31. The van der Waals surface area contributed by atoms with Crippen LogP contribution in [0.4, 0.5) is 5.69 Å². The molecule has 2 fully saturated rings. The Morgan fingerprint density at radius 1 is 1.39 bits per heavy atom. The van der Waals surface area contributed by atoms with E-state index in [0.29, 0.717) is 16.9 Å². The molecule has 98 valence electrons. The molecule has 1 heterocycles. The molecule has 3 rings (SSSR count). The zero-order chi connectivity index (χ0) is 13.0. The Labute approximate surface area is 118 Å². The monoisotopic (exact) mass is 308 g/mol. The molecule has 0 aromatic carbocycles. The highest BCUT2D eigenvalue weighted by Gasteiger charge is 2.59. The van der Waals surface area contributed by atoms with Crippen molar-refractivity contribution in [3.05, 3.63) is 22.9 Å². The first-order chi connectivity index (χ1) is 8.43. The van der Waals surface area contributed by atoms with E-state index in [9.17, 15) is 0 Å². The second-order valence-corrected chi connectivity index (χ2v) is 7.59. The maximum absolute atomic E-state index is 4.31. The van der Waals surface area contributed by atoms with E-state index in [0.717, 1.165) is 16.2 Å². The molecular weight excluding hydrogens is 288 g/mol. The van der Waals surface area contributed by atoms with Crippen LogP contribution in [0.3, 0.4) is 0 Å². The molecule has 2 bridgehead atoms. The van der Waals surface area contributed by atoms with Gasteiger partial charge in [-0.15, -0.1) is 0 Å². The molecule has 2 nitrogen and oxygen atoms in total. The number of anilines is 1. The molecule has 2 aliphatic carbocycles. The lowest BCUT2D eigenvalue weighted by Gasteiger charge is -2.43. The quantitative estimate of drug-likeness (QED) is 0.815. The minimum absolute atomic E-state index is 0.377. The number of fused-ring (bicyclic) bond motifs is 2. The fourth-order valence-electron chi connectivity index (χ4n) is 4.31. The van der Waals surface area contributed by atoms with E-state index in [2.05, 4.69) is 53.1 Å². The Morgan fingerprint density at radius 2 is 2.17 bits per heavy atom. The van der Waals surface area contributed by atoms with Gasteiger partial charge >= 0.3 is 0 Å². The topological polar surface area (TPSA) is 24.9 Å². The minimum atomic E-state index is 0.377. The normalized spacial score (nSPS) is 36.9. The lowest BCUT2D eigenvalue weighted by Crippen LogP contribution is -2.45. The van der Waals surface area contributed by atoms with E-state index in [1.54, 1.807) is 0 Å². The number of pyridine rings is 1. The van der Waals surface area contributed by atoms with Crippen LogP contribution in [0.15, 0.2) is 22.9 Å². The lowest BCUT2D eigenvalue weighted by molar-refractivity contribution is 0.155. The third kappa shape index (κ3) is 1.70. The molecule has 2 saturated carbocycles. The van der Waals surface area contributed by atoms with Crippen LogP contribution in [-0.4, -0.2) is 11.0 Å². The maximum Gasteiger partial charge on any atom is 0.129 e. The number of hydrogen-bond acceptors (Lipinski definition) is 2. The number of hydrogen-bond donors (Lipinski definition) is 1. The van der Waals surface area contributed by atoms with Gasteiger partial charge in [-0.2, -0.15) is 0 Å². The van der Waals surface area contributed by atoms with Gasteiger partial charge in [0.2, 0.25) is 0 Å². The van der Waals surface area contributed by atoms with Crippen LogP contribution in [0.2, 0.25) is 0 Å². The van der Waals surface area contributed by atoms with Crippen molar-refractivity contribution in [2.45, 2.75) is 46.1 Å². The fourth-order valence-corrected chi connectivity index (χ4v) is 4.68. The van der Waals surface area contributed by atoms with E-state index >= 15 is 0 Å². The Morgan fingerprint density at radius 3 is 2.78 bits per heavy atom. The highest BCUT2D eigenvalue weighted by atomic mass is 79.9. The third-order valence-electron chi connectivity index (χ3n) is 5.33. The number of nitrogens with one attached hydrogen (secondary N) is 1. The van der Waals surface area contributed by atoms with Crippen LogP contribution in [0.1, 0.15) is 40.0 Å². The summed E-state index contributed by atoms with van der Waals surface area (Å²) < 4.78 is 0.923. The molecule has 3 heteroatoms. The van der Waals surface area contributed by atoms with Crippen LogP contribution in [0.25, 0.3) is 0 Å². The molecule has 18 heavy (non-hydrogen) atoms. The minimum Gasteiger partial charge on any atom is -0.379 e. The molecule has 1 aromatic heterocycles. The Balaban J connectivity index is 1.91. The molecule has 3 unspecified atom stereocenters. The first-order valence-electron chi connectivity index (χ1n) is 6.80. The Kier molecular flexibility index (Phi) is 2.74. The van der Waals surface area contributed by atoms with Gasteiger partial charge in [0, 0.05) is 12.2 Å². The first kappa shape index (κ1) is 12.5. The third-order valence-corrected chi connectivity index (χ3v) is 5.96. The molecule has 1 N–H and O–H groups in total. The van der Waals surface area contributed by atoms with Gasteiger partial charge in [0.15, 0.2) is 0 Å². The SMILES string of the molecule is CC12CCC(C1)C(C)(C)C2Nc1cccnc1Br. The van der Waals surface area contributed by atoms with Crippen molar-refractivity contribution in [2.75, 3.05) is 5.32 Å². The Hall–Kier alpha value is -0.570. The van der Waals surface area contributed by atoms with Crippen molar-refractivity contribution in [3.63, 3.8) is 0 Å². The van der Waals surface area contributed by atoms with Crippen LogP contribution in [-0.2, 0) is 0 Å². The van der Waals surface area contributed by atoms with Crippen LogP contribution in [0, 0.1) is 16.7 Å². The van der Waals surface area contributed by atoms with Crippen LogP contribution in [0.5, 0.6) is 0 Å². The predicted molar refractivity (Wildman–Crippen MR) is 78.6 cm³/mol. The summed E-state index contributed by atoms with van der Waals surface area (Å²) in [5.74, 6) is 0.871. The molecule has 0 spiro atoms. The Bertz CT molecular complexity index is 467. The van der Waals surface area contributed by atoms with Gasteiger partial charge in [0.25, 0.3) is 0 Å². The number of nitrogens with zero attached hydrogens (tertiary/aromatic N) is 1. The summed E-state index contributed by atoms with van der Waals surface area (Å²) in [5, 5.41) is 3.76. The molecule has 0 amide bonds. The summed E-state index contributed by atoms with van der Waals surface area (Å²) in [6.07, 6.45) is 5.95. The van der Waals surface area contributed by atoms with Gasteiger partial charge < -0.3 is 5.32 Å². The lowest BCUT2D eigenvalue weighted by atomic mass is 9.68. The summed E-state index contributed by atoms with van der Waals surface area (Å²) in [5.41, 5.74) is 1.95. The number of halogens is 1. The highest BCUT2D eigenvalue weighted by Crippen LogP contribution is 2.63. The smallest absolute Gasteiger partial charge is 0.129 e. The average Bonchev–Trinajstić information content (AvgIpc) is 2.78. The summed E-state index contributed by atoms with van der Waals surface area (Å²) in [6.45, 7) is 7.29. The second-order valence-electron chi connectivity index (χ2n) is 6.83. The van der Waals surface area contributed by atoms with Gasteiger partial charge in [-0.05, 0) is 64.1 Å². The van der Waals surface area contributed by atoms with E-state index in [4.69, 9.17) is 0 Å². The summed E-state index contributed by atoms with van der Waals surface area (Å²) >= 11 is 3.54. The predicted octanol–water partition coefficient (Wildman–Crippen LogP) is 4.47. The molecule has 3 atom stereocenters. The van der Waals surface area contributed by atoms with Crippen molar-refractivity contribution in [1.82, 2.24) is 4.98 Å². The fraction of sp³-hybridized carbons (Fsp3) is 0.667. The largest absolute Gasteiger partial charge is 0.379 e. The van der Waals surface area contributed by atoms with Crippen molar-refractivity contribution in [3.8, 4) is 0 Å². The number of aromatic nitrogens is 1. The zero-order valence-corrected chi connectivity index (χ0v) is 12.9. The highest BCUT2D eigenvalue weighted by molar-refractivity contribution is 9.10. The first-order valence-corrected chi connectivity index (χ1v) is 7.60. The van der Waals surface area contributed by atoms with Gasteiger partial charge in [-0.1, -0.05) is 20.8 Å². The summed E-state index contributed by atoms with van der Waals surface area (Å²) in [7, 11) is 0. The molecular formula is C15H21BrN2. The van der Waals surface area contributed by atoms with Gasteiger partial charge in [0.05, 0.1) is 5.69 Å². The van der Waals surface area contributed by atoms with E-state index in [1.165, 1.54) is 19.3 Å². The van der Waals surface area contributed by atoms with Crippen molar-refractivity contribution in [1.29, 1.82) is 0 Å². The van der Waals surface area contributed by atoms with E-state index < -0.39 is 0 Å². The zero-order valence-electron chi connectivity index (χ0n) is 11.3. The molecule has 2 aliphatic rings. The standard InChI is InChI=1S/C15H21BrN2/c1-14(2)10-6-7-15(3,9-10)13(14)18-11-5-4-8-17-12(11)16/h4-5,8,10,13,18H,6-7,9H2,1-3H3. The second kappa shape index (κ2) is 3.96. The molecule has 0 radical (unpaired) electrons. The van der Waals surface area contributed by atoms with Gasteiger partial charge in [-0.25, -0.2) is 4.98 Å². The van der Waals surface area contributed by atoms with Crippen LogP contribution >= 0.6 is 15.9 Å². The van der Waals surface area contributed by atoms with E-state index in [-0.39, 0.29) is 0 Å². The van der Waals surface area contributed by atoms with Crippen LogP contribution < -0.4 is 5.32 Å². The van der Waals surface area contributed by atoms with Gasteiger partial charge in [0.1, 0.15) is 4.60 Å². The number of rotatable bonds is 2. The molecule has 0 saturated heterocycles. The summed E-state index contributed by atoms with van der Waals surface area (Å²) in [6, 6.07) is 4.65. The van der Waals surface area contributed by atoms with Crippen molar-refractivity contribution >= 4 is 21.6 Å².